The molecule has 1 aromatic carbocycles. The minimum absolute atomic E-state index is 0. The number of halogens is 2. The third-order valence-electron chi connectivity index (χ3n) is 1.53. The van der Waals surface area contributed by atoms with Gasteiger partial charge in [-0.05, 0) is 24.6 Å². The first kappa shape index (κ1) is 12.2. The number of hydrogen-bond donors (Lipinski definition) is 1. The molecule has 0 saturated carbocycles. The highest BCUT2D eigenvalue weighted by atomic mass is 35.5. The van der Waals surface area contributed by atoms with E-state index in [4.69, 9.17) is 10.5 Å². The summed E-state index contributed by atoms with van der Waals surface area (Å²) < 4.78 is 18.1. The van der Waals surface area contributed by atoms with Crippen molar-refractivity contribution in [2.24, 2.45) is 5.73 Å². The monoisotopic (exact) mass is 205 g/mol. The Morgan fingerprint density at radius 1 is 1.46 bits per heavy atom. The number of benzene rings is 1. The average Bonchev–Trinajstić information content (AvgIpc) is 2.09. The highest BCUT2D eigenvalue weighted by molar-refractivity contribution is 5.85. The molecule has 0 atom stereocenters. The summed E-state index contributed by atoms with van der Waals surface area (Å²) in [5.74, 6) is -0.0606. The smallest absolute Gasteiger partial charge is 0.165 e. The van der Waals surface area contributed by atoms with Crippen LogP contribution < -0.4 is 10.5 Å². The molecule has 2 nitrogen and oxygen atoms in total. The Morgan fingerprint density at radius 2 is 2.15 bits per heavy atom. The van der Waals surface area contributed by atoms with Crippen LogP contribution >= 0.6 is 12.4 Å². The van der Waals surface area contributed by atoms with Gasteiger partial charge in [0.1, 0.15) is 0 Å². The summed E-state index contributed by atoms with van der Waals surface area (Å²) in [6, 6.07) is 4.75. The maximum absolute atomic E-state index is 13.0. The molecule has 0 heterocycles. The van der Waals surface area contributed by atoms with Crippen LogP contribution in [0.2, 0.25) is 0 Å². The Hall–Kier alpha value is -0.800. The van der Waals surface area contributed by atoms with Crippen molar-refractivity contribution in [3.05, 3.63) is 29.6 Å². The van der Waals surface area contributed by atoms with Crippen LogP contribution in [-0.2, 0) is 6.54 Å². The molecule has 1 aromatic rings. The van der Waals surface area contributed by atoms with Crippen molar-refractivity contribution in [1.82, 2.24) is 0 Å². The second-order valence-electron chi connectivity index (χ2n) is 2.40. The Labute approximate surface area is 83.3 Å². The number of ether oxygens (including phenoxy) is 1. The summed E-state index contributed by atoms with van der Waals surface area (Å²) in [6.07, 6.45) is 0. The maximum atomic E-state index is 13.0. The topological polar surface area (TPSA) is 35.2 Å². The maximum Gasteiger partial charge on any atom is 0.165 e. The van der Waals surface area contributed by atoms with Crippen molar-refractivity contribution >= 4 is 12.4 Å². The van der Waals surface area contributed by atoms with E-state index in [0.717, 1.165) is 5.56 Å². The van der Waals surface area contributed by atoms with Crippen molar-refractivity contribution in [3.63, 3.8) is 0 Å². The molecule has 74 valence electrons. The van der Waals surface area contributed by atoms with Gasteiger partial charge in [-0.1, -0.05) is 6.07 Å². The fraction of sp³-hybridized carbons (Fsp3) is 0.333. The third kappa shape index (κ3) is 3.20. The summed E-state index contributed by atoms with van der Waals surface area (Å²) in [6.45, 7) is 2.64. The van der Waals surface area contributed by atoms with Gasteiger partial charge >= 0.3 is 0 Å². The van der Waals surface area contributed by atoms with Gasteiger partial charge < -0.3 is 10.5 Å². The number of hydrogen-bond acceptors (Lipinski definition) is 2. The van der Waals surface area contributed by atoms with Crippen molar-refractivity contribution in [3.8, 4) is 5.75 Å². The van der Waals surface area contributed by atoms with Crippen molar-refractivity contribution in [2.75, 3.05) is 6.61 Å². The summed E-state index contributed by atoms with van der Waals surface area (Å²) >= 11 is 0. The second kappa shape index (κ2) is 5.78. The summed E-state index contributed by atoms with van der Waals surface area (Å²) in [5.41, 5.74) is 6.11. The van der Waals surface area contributed by atoms with E-state index >= 15 is 0 Å². The molecule has 0 amide bonds. The van der Waals surface area contributed by atoms with Gasteiger partial charge in [-0.15, -0.1) is 12.4 Å². The Bertz CT molecular complexity index is 268. The van der Waals surface area contributed by atoms with E-state index in [1.165, 1.54) is 6.07 Å². The van der Waals surface area contributed by atoms with E-state index in [9.17, 15) is 4.39 Å². The first-order valence-corrected chi connectivity index (χ1v) is 3.89. The lowest BCUT2D eigenvalue weighted by atomic mass is 10.2. The molecule has 0 unspecified atom stereocenters. The van der Waals surface area contributed by atoms with Crippen LogP contribution in [0, 0.1) is 5.82 Å². The fourth-order valence-corrected chi connectivity index (χ4v) is 0.944. The Morgan fingerprint density at radius 3 is 2.62 bits per heavy atom. The zero-order chi connectivity index (χ0) is 8.97. The van der Waals surface area contributed by atoms with E-state index < -0.39 is 0 Å². The average molecular weight is 206 g/mol. The van der Waals surface area contributed by atoms with Gasteiger partial charge in [0.05, 0.1) is 6.61 Å². The highest BCUT2D eigenvalue weighted by Gasteiger charge is 2.02. The largest absolute Gasteiger partial charge is 0.491 e. The van der Waals surface area contributed by atoms with Crippen molar-refractivity contribution in [2.45, 2.75) is 13.5 Å². The SMILES string of the molecule is CCOc1ccc(CN)cc1F.Cl. The summed E-state index contributed by atoms with van der Waals surface area (Å²) in [7, 11) is 0. The van der Waals surface area contributed by atoms with E-state index in [0.29, 0.717) is 13.2 Å². The molecule has 13 heavy (non-hydrogen) atoms. The summed E-state index contributed by atoms with van der Waals surface area (Å²) in [4.78, 5) is 0. The highest BCUT2D eigenvalue weighted by Crippen LogP contribution is 2.17. The standard InChI is InChI=1S/C9H12FNO.ClH/c1-2-12-9-4-3-7(6-11)5-8(9)10;/h3-5H,2,6,11H2,1H3;1H. The molecule has 0 aromatic heterocycles. The first-order chi connectivity index (χ1) is 5.77. The van der Waals surface area contributed by atoms with Gasteiger partial charge in [-0.25, -0.2) is 4.39 Å². The summed E-state index contributed by atoms with van der Waals surface area (Å²) in [5, 5.41) is 0. The van der Waals surface area contributed by atoms with Crippen LogP contribution in [0.25, 0.3) is 0 Å². The van der Waals surface area contributed by atoms with Gasteiger partial charge in [-0.2, -0.15) is 0 Å². The Balaban J connectivity index is 0.00000144. The molecular weight excluding hydrogens is 193 g/mol. The predicted octanol–water partition coefficient (Wildman–Crippen LogP) is 2.10. The molecule has 2 N–H and O–H groups in total. The van der Waals surface area contributed by atoms with Gasteiger partial charge in [0.25, 0.3) is 0 Å². The minimum Gasteiger partial charge on any atom is -0.491 e. The molecular formula is C9H13ClFNO. The van der Waals surface area contributed by atoms with Gasteiger partial charge in [0.2, 0.25) is 0 Å². The van der Waals surface area contributed by atoms with E-state index in [-0.39, 0.29) is 24.0 Å². The van der Waals surface area contributed by atoms with Crippen LogP contribution in [0.4, 0.5) is 4.39 Å². The van der Waals surface area contributed by atoms with Crippen molar-refractivity contribution < 1.29 is 9.13 Å². The third-order valence-corrected chi connectivity index (χ3v) is 1.53. The lowest BCUT2D eigenvalue weighted by Crippen LogP contribution is -1.99. The molecule has 0 aliphatic heterocycles. The molecule has 1 rings (SSSR count). The zero-order valence-corrected chi connectivity index (χ0v) is 8.23. The lowest BCUT2D eigenvalue weighted by Gasteiger charge is -2.04. The molecule has 0 radical (unpaired) electrons. The molecule has 4 heteroatoms. The normalized spacial score (nSPS) is 9.15. The fourth-order valence-electron chi connectivity index (χ4n) is 0.944. The Kier molecular flexibility index (Phi) is 5.42. The molecule has 0 bridgehead atoms. The second-order valence-corrected chi connectivity index (χ2v) is 2.40. The van der Waals surface area contributed by atoms with Gasteiger partial charge in [-0.3, -0.25) is 0 Å². The first-order valence-electron chi connectivity index (χ1n) is 3.89. The minimum atomic E-state index is -0.347. The van der Waals surface area contributed by atoms with Crippen LogP contribution in [0.5, 0.6) is 5.75 Å². The molecule has 0 saturated heterocycles. The van der Waals surface area contributed by atoms with Crippen LogP contribution in [-0.4, -0.2) is 6.61 Å². The predicted molar refractivity (Wildman–Crippen MR) is 52.7 cm³/mol. The van der Waals surface area contributed by atoms with Gasteiger partial charge in [0, 0.05) is 6.54 Å². The van der Waals surface area contributed by atoms with Crippen LogP contribution in [0.3, 0.4) is 0 Å². The lowest BCUT2D eigenvalue weighted by molar-refractivity contribution is 0.321. The van der Waals surface area contributed by atoms with E-state index in [1.54, 1.807) is 12.1 Å². The van der Waals surface area contributed by atoms with E-state index in [1.807, 2.05) is 6.92 Å². The molecule has 0 fully saturated rings. The quantitative estimate of drug-likeness (QED) is 0.821. The zero-order valence-electron chi connectivity index (χ0n) is 7.42. The molecule has 0 spiro atoms. The van der Waals surface area contributed by atoms with Crippen LogP contribution in [0.1, 0.15) is 12.5 Å². The number of rotatable bonds is 3. The van der Waals surface area contributed by atoms with E-state index in [2.05, 4.69) is 0 Å². The van der Waals surface area contributed by atoms with Crippen molar-refractivity contribution in [1.29, 1.82) is 0 Å². The van der Waals surface area contributed by atoms with Gasteiger partial charge in [0.15, 0.2) is 11.6 Å². The van der Waals surface area contributed by atoms with Crippen LogP contribution in [0.15, 0.2) is 18.2 Å². The molecule has 0 aliphatic rings. The number of nitrogens with two attached hydrogens (primary N) is 1. The molecule has 0 aliphatic carbocycles.